The molecule has 1 unspecified atom stereocenters. The molecule has 7 heteroatoms. The van der Waals surface area contributed by atoms with Crippen molar-refractivity contribution in [1.82, 2.24) is 18.8 Å². The van der Waals surface area contributed by atoms with Crippen LogP contribution in [0.2, 0.25) is 0 Å². The van der Waals surface area contributed by atoms with Gasteiger partial charge in [-0.05, 0) is 19.3 Å². The van der Waals surface area contributed by atoms with Gasteiger partial charge in [-0.3, -0.25) is 4.68 Å². The highest BCUT2D eigenvalue weighted by Crippen LogP contribution is 2.29. The first kappa shape index (κ1) is 12.5. The summed E-state index contributed by atoms with van der Waals surface area (Å²) < 4.78 is 29.3. The van der Waals surface area contributed by atoms with Crippen LogP contribution in [-0.4, -0.2) is 36.6 Å². The number of fused-ring (bicyclic) bond motifs is 1. The molecule has 0 aromatic carbocycles. The minimum atomic E-state index is -3.38. The quantitative estimate of drug-likeness (QED) is 0.842. The zero-order chi connectivity index (χ0) is 12.6. The summed E-state index contributed by atoms with van der Waals surface area (Å²) >= 11 is 0. The third-order valence-electron chi connectivity index (χ3n) is 3.15. The van der Waals surface area contributed by atoms with Crippen molar-refractivity contribution in [2.24, 2.45) is 7.05 Å². The molecule has 96 valence electrons. The van der Waals surface area contributed by atoms with Crippen LogP contribution in [0, 0.1) is 0 Å². The van der Waals surface area contributed by atoms with E-state index in [4.69, 9.17) is 0 Å². The minimum absolute atomic E-state index is 0.153. The molecule has 0 aliphatic heterocycles. The van der Waals surface area contributed by atoms with Crippen LogP contribution in [0.25, 0.3) is 0 Å². The van der Waals surface area contributed by atoms with Crippen LogP contribution in [-0.2, 0) is 23.7 Å². The lowest BCUT2D eigenvalue weighted by atomic mass is 9.94. The van der Waals surface area contributed by atoms with Crippen LogP contribution in [0.5, 0.6) is 0 Å². The average molecular weight is 258 g/mol. The van der Waals surface area contributed by atoms with Crippen molar-refractivity contribution in [3.63, 3.8) is 0 Å². The standard InChI is InChI=1S/C10H18N4O2S/c1-13(2)17(15,16)12-9-5-4-6-10-8(9)7-11-14(10)3/h7,9,12H,4-6H2,1-3H3. The van der Waals surface area contributed by atoms with Gasteiger partial charge in [0.05, 0.1) is 12.2 Å². The molecule has 1 aromatic rings. The summed E-state index contributed by atoms with van der Waals surface area (Å²) in [5.41, 5.74) is 2.13. The average Bonchev–Trinajstić information content (AvgIpc) is 2.61. The maximum Gasteiger partial charge on any atom is 0.279 e. The first-order chi connectivity index (χ1) is 7.92. The van der Waals surface area contributed by atoms with E-state index in [1.165, 1.54) is 18.4 Å². The first-order valence-electron chi connectivity index (χ1n) is 5.62. The molecule has 1 N–H and O–H groups in total. The second-order valence-corrected chi connectivity index (χ2v) is 6.44. The second kappa shape index (κ2) is 4.40. The fourth-order valence-electron chi connectivity index (χ4n) is 2.11. The van der Waals surface area contributed by atoms with Gasteiger partial charge in [0.25, 0.3) is 10.2 Å². The fraction of sp³-hybridized carbons (Fsp3) is 0.700. The van der Waals surface area contributed by atoms with Crippen molar-refractivity contribution >= 4 is 10.2 Å². The normalized spacial score (nSPS) is 20.6. The molecular weight excluding hydrogens is 240 g/mol. The van der Waals surface area contributed by atoms with E-state index in [0.29, 0.717) is 0 Å². The van der Waals surface area contributed by atoms with E-state index >= 15 is 0 Å². The zero-order valence-electron chi connectivity index (χ0n) is 10.3. The lowest BCUT2D eigenvalue weighted by Gasteiger charge is -2.25. The molecule has 1 aliphatic carbocycles. The Labute approximate surface area is 102 Å². The van der Waals surface area contributed by atoms with Gasteiger partial charge in [0, 0.05) is 32.4 Å². The lowest BCUT2D eigenvalue weighted by molar-refractivity contribution is 0.462. The van der Waals surface area contributed by atoms with Gasteiger partial charge in [0.15, 0.2) is 0 Å². The van der Waals surface area contributed by atoms with Gasteiger partial charge in [-0.25, -0.2) is 0 Å². The van der Waals surface area contributed by atoms with Crippen LogP contribution in [0.15, 0.2) is 6.20 Å². The minimum Gasteiger partial charge on any atom is -0.272 e. The van der Waals surface area contributed by atoms with E-state index in [1.54, 1.807) is 6.20 Å². The van der Waals surface area contributed by atoms with Crippen LogP contribution in [0.1, 0.15) is 30.1 Å². The number of nitrogens with one attached hydrogen (secondary N) is 1. The highest BCUT2D eigenvalue weighted by Gasteiger charge is 2.27. The van der Waals surface area contributed by atoms with Crippen molar-refractivity contribution in [2.75, 3.05) is 14.1 Å². The first-order valence-corrected chi connectivity index (χ1v) is 7.06. The molecule has 2 rings (SSSR count). The molecule has 1 aromatic heterocycles. The Morgan fingerprint density at radius 3 is 2.88 bits per heavy atom. The van der Waals surface area contributed by atoms with Gasteiger partial charge in [0.2, 0.25) is 0 Å². The number of aromatic nitrogens is 2. The molecule has 1 aliphatic rings. The second-order valence-electron chi connectivity index (χ2n) is 4.52. The van der Waals surface area contributed by atoms with Crippen molar-refractivity contribution in [3.05, 3.63) is 17.5 Å². The van der Waals surface area contributed by atoms with Gasteiger partial charge >= 0.3 is 0 Å². The Morgan fingerprint density at radius 1 is 1.53 bits per heavy atom. The van der Waals surface area contributed by atoms with E-state index < -0.39 is 10.2 Å². The highest BCUT2D eigenvalue weighted by atomic mass is 32.2. The Balaban J connectivity index is 2.25. The third kappa shape index (κ3) is 2.36. The Bertz CT molecular complexity index is 506. The summed E-state index contributed by atoms with van der Waals surface area (Å²) in [5.74, 6) is 0. The summed E-state index contributed by atoms with van der Waals surface area (Å²) in [6, 6.07) is -0.153. The van der Waals surface area contributed by atoms with Crippen LogP contribution in [0.3, 0.4) is 0 Å². The molecular formula is C10H18N4O2S. The SMILES string of the molecule is CN(C)S(=O)(=O)NC1CCCc2c1cnn2C. The summed E-state index contributed by atoms with van der Waals surface area (Å²) in [4.78, 5) is 0. The van der Waals surface area contributed by atoms with E-state index in [1.807, 2.05) is 11.7 Å². The number of nitrogens with zero attached hydrogens (tertiary/aromatic N) is 3. The van der Waals surface area contributed by atoms with Crippen molar-refractivity contribution in [3.8, 4) is 0 Å². The molecule has 0 radical (unpaired) electrons. The van der Waals surface area contributed by atoms with E-state index in [-0.39, 0.29) is 6.04 Å². The summed E-state index contributed by atoms with van der Waals surface area (Å²) in [5, 5.41) is 4.19. The number of hydrogen-bond acceptors (Lipinski definition) is 3. The number of hydrogen-bond donors (Lipinski definition) is 1. The highest BCUT2D eigenvalue weighted by molar-refractivity contribution is 7.87. The van der Waals surface area contributed by atoms with Crippen LogP contribution >= 0.6 is 0 Å². The van der Waals surface area contributed by atoms with Gasteiger partial charge in [-0.2, -0.15) is 22.5 Å². The van der Waals surface area contributed by atoms with E-state index in [9.17, 15) is 8.42 Å². The molecule has 6 nitrogen and oxygen atoms in total. The summed E-state index contributed by atoms with van der Waals surface area (Å²) in [7, 11) is 1.55. The van der Waals surface area contributed by atoms with Crippen molar-refractivity contribution in [2.45, 2.75) is 25.3 Å². The van der Waals surface area contributed by atoms with E-state index in [0.717, 1.165) is 30.5 Å². The molecule has 0 spiro atoms. The van der Waals surface area contributed by atoms with Gasteiger partial charge in [-0.1, -0.05) is 0 Å². The smallest absolute Gasteiger partial charge is 0.272 e. The third-order valence-corrected chi connectivity index (χ3v) is 4.69. The monoisotopic (exact) mass is 258 g/mol. The molecule has 0 amide bonds. The van der Waals surface area contributed by atoms with Gasteiger partial charge in [0.1, 0.15) is 0 Å². The molecule has 0 fully saturated rings. The predicted octanol–water partition coefficient (Wildman–Crippen LogP) is 0.194. The maximum atomic E-state index is 11.8. The Morgan fingerprint density at radius 2 is 2.24 bits per heavy atom. The summed E-state index contributed by atoms with van der Waals surface area (Å²) in [6.45, 7) is 0. The van der Waals surface area contributed by atoms with Crippen LogP contribution < -0.4 is 4.72 Å². The Kier molecular flexibility index (Phi) is 3.24. The topological polar surface area (TPSA) is 67.2 Å². The van der Waals surface area contributed by atoms with Gasteiger partial charge < -0.3 is 0 Å². The fourth-order valence-corrected chi connectivity index (χ4v) is 2.93. The van der Waals surface area contributed by atoms with Crippen LogP contribution in [0.4, 0.5) is 0 Å². The maximum absolute atomic E-state index is 11.8. The van der Waals surface area contributed by atoms with Gasteiger partial charge in [-0.15, -0.1) is 0 Å². The van der Waals surface area contributed by atoms with Crippen molar-refractivity contribution in [1.29, 1.82) is 0 Å². The molecule has 1 heterocycles. The lowest BCUT2D eigenvalue weighted by Crippen LogP contribution is -2.39. The molecule has 0 saturated heterocycles. The molecule has 0 bridgehead atoms. The number of rotatable bonds is 3. The number of aryl methyl sites for hydroxylation is 1. The molecule has 1 atom stereocenters. The van der Waals surface area contributed by atoms with Crippen molar-refractivity contribution < 1.29 is 8.42 Å². The Hall–Kier alpha value is -0.920. The predicted molar refractivity (Wildman–Crippen MR) is 64.6 cm³/mol. The zero-order valence-corrected chi connectivity index (χ0v) is 11.2. The summed E-state index contributed by atoms with van der Waals surface area (Å²) in [6.07, 6.45) is 4.53. The molecule has 0 saturated carbocycles. The van der Waals surface area contributed by atoms with E-state index in [2.05, 4.69) is 9.82 Å². The molecule has 17 heavy (non-hydrogen) atoms. The largest absolute Gasteiger partial charge is 0.279 e.